The molecule has 0 N–H and O–H groups in total. The van der Waals surface area contributed by atoms with Crippen molar-refractivity contribution in [1.82, 2.24) is 4.90 Å². The van der Waals surface area contributed by atoms with Gasteiger partial charge in [-0.05, 0) is 24.0 Å². The fraction of sp³-hybridized carbons (Fsp3) is 0.471. The lowest BCUT2D eigenvalue weighted by Crippen LogP contribution is -2.48. The standard InChI is InChI=1S/C17H23NO2/c1-3-11-18-16(14(2)9-10-17(18)19)13-20-12-15-7-5-4-6-8-15/h4-10,14,16H,3,11-13H2,1-2H3. The van der Waals surface area contributed by atoms with Crippen LogP contribution in [0.2, 0.25) is 0 Å². The summed E-state index contributed by atoms with van der Waals surface area (Å²) >= 11 is 0. The largest absolute Gasteiger partial charge is 0.375 e. The Balaban J connectivity index is 1.92. The van der Waals surface area contributed by atoms with E-state index in [0.717, 1.165) is 13.0 Å². The minimum Gasteiger partial charge on any atom is -0.375 e. The number of benzene rings is 1. The van der Waals surface area contributed by atoms with Gasteiger partial charge in [-0.3, -0.25) is 4.79 Å². The van der Waals surface area contributed by atoms with Crippen molar-refractivity contribution in [2.24, 2.45) is 5.92 Å². The van der Waals surface area contributed by atoms with Crippen LogP contribution in [0, 0.1) is 5.92 Å². The third kappa shape index (κ3) is 3.70. The molecule has 0 saturated heterocycles. The third-order valence-electron chi connectivity index (χ3n) is 3.70. The van der Waals surface area contributed by atoms with E-state index in [0.29, 0.717) is 19.1 Å². The van der Waals surface area contributed by atoms with Crippen LogP contribution in [-0.4, -0.2) is 30.0 Å². The van der Waals surface area contributed by atoms with Gasteiger partial charge in [-0.15, -0.1) is 0 Å². The van der Waals surface area contributed by atoms with E-state index in [1.54, 1.807) is 6.08 Å². The van der Waals surface area contributed by atoms with E-state index in [1.165, 1.54) is 5.56 Å². The van der Waals surface area contributed by atoms with E-state index in [2.05, 4.69) is 26.0 Å². The van der Waals surface area contributed by atoms with E-state index >= 15 is 0 Å². The molecule has 20 heavy (non-hydrogen) atoms. The van der Waals surface area contributed by atoms with E-state index in [9.17, 15) is 4.79 Å². The molecule has 0 saturated carbocycles. The van der Waals surface area contributed by atoms with E-state index in [-0.39, 0.29) is 11.9 Å². The monoisotopic (exact) mass is 273 g/mol. The molecule has 1 aromatic rings. The molecule has 0 aromatic heterocycles. The lowest BCUT2D eigenvalue weighted by atomic mass is 9.96. The molecule has 1 aliphatic heterocycles. The van der Waals surface area contributed by atoms with Gasteiger partial charge in [0.05, 0.1) is 19.3 Å². The zero-order valence-electron chi connectivity index (χ0n) is 12.3. The van der Waals surface area contributed by atoms with E-state index in [1.807, 2.05) is 29.2 Å². The second kappa shape index (κ2) is 7.25. The van der Waals surface area contributed by atoms with Gasteiger partial charge in [0.15, 0.2) is 0 Å². The topological polar surface area (TPSA) is 29.5 Å². The molecule has 0 fully saturated rings. The third-order valence-corrected chi connectivity index (χ3v) is 3.70. The summed E-state index contributed by atoms with van der Waals surface area (Å²) in [5.41, 5.74) is 1.17. The van der Waals surface area contributed by atoms with Gasteiger partial charge in [-0.1, -0.05) is 50.3 Å². The van der Waals surface area contributed by atoms with Crippen molar-refractivity contribution in [2.75, 3.05) is 13.2 Å². The zero-order valence-corrected chi connectivity index (χ0v) is 12.3. The number of amides is 1. The molecule has 1 amide bonds. The molecule has 0 radical (unpaired) electrons. The van der Waals surface area contributed by atoms with Gasteiger partial charge in [0.2, 0.25) is 5.91 Å². The molecular formula is C17H23NO2. The minimum absolute atomic E-state index is 0.110. The van der Waals surface area contributed by atoms with Crippen molar-refractivity contribution >= 4 is 5.91 Å². The highest BCUT2D eigenvalue weighted by molar-refractivity contribution is 5.88. The molecule has 0 bridgehead atoms. The first-order valence-corrected chi connectivity index (χ1v) is 7.33. The first-order valence-electron chi connectivity index (χ1n) is 7.33. The molecule has 1 heterocycles. The molecule has 3 heteroatoms. The molecule has 1 aromatic carbocycles. The average Bonchev–Trinajstić information content (AvgIpc) is 2.47. The molecule has 2 atom stereocenters. The molecule has 0 aliphatic carbocycles. The van der Waals surface area contributed by atoms with Crippen LogP contribution in [0.4, 0.5) is 0 Å². The van der Waals surface area contributed by atoms with Crippen LogP contribution in [-0.2, 0) is 16.1 Å². The average molecular weight is 273 g/mol. The summed E-state index contributed by atoms with van der Waals surface area (Å²) in [6.07, 6.45) is 4.65. The SMILES string of the molecule is CCCN1C(=O)C=CC(C)C1COCc1ccccc1. The van der Waals surface area contributed by atoms with Gasteiger partial charge in [-0.2, -0.15) is 0 Å². The van der Waals surface area contributed by atoms with Crippen molar-refractivity contribution in [1.29, 1.82) is 0 Å². The first kappa shape index (κ1) is 14.8. The lowest BCUT2D eigenvalue weighted by Gasteiger charge is -2.36. The van der Waals surface area contributed by atoms with Crippen LogP contribution >= 0.6 is 0 Å². The van der Waals surface area contributed by atoms with Gasteiger partial charge >= 0.3 is 0 Å². The Morgan fingerprint density at radius 3 is 2.70 bits per heavy atom. The molecule has 2 rings (SSSR count). The summed E-state index contributed by atoms with van der Waals surface area (Å²) in [6.45, 7) is 6.22. The number of carbonyl (C=O) groups excluding carboxylic acids is 1. The number of hydrogen-bond acceptors (Lipinski definition) is 2. The van der Waals surface area contributed by atoms with Crippen LogP contribution in [0.25, 0.3) is 0 Å². The van der Waals surface area contributed by atoms with E-state index in [4.69, 9.17) is 4.74 Å². The van der Waals surface area contributed by atoms with Gasteiger partial charge in [-0.25, -0.2) is 0 Å². The van der Waals surface area contributed by atoms with Crippen molar-refractivity contribution in [3.8, 4) is 0 Å². The Morgan fingerprint density at radius 1 is 1.25 bits per heavy atom. The number of rotatable bonds is 6. The van der Waals surface area contributed by atoms with Crippen molar-refractivity contribution in [3.05, 3.63) is 48.0 Å². The zero-order chi connectivity index (χ0) is 14.4. The lowest BCUT2D eigenvalue weighted by molar-refractivity contribution is -0.131. The van der Waals surface area contributed by atoms with Gasteiger partial charge in [0.1, 0.15) is 0 Å². The maximum absolute atomic E-state index is 12.0. The quantitative estimate of drug-likeness (QED) is 0.797. The number of ether oxygens (including phenoxy) is 1. The Bertz CT molecular complexity index is 455. The number of nitrogens with zero attached hydrogens (tertiary/aromatic N) is 1. The molecule has 2 unspecified atom stereocenters. The smallest absolute Gasteiger partial charge is 0.246 e. The highest BCUT2D eigenvalue weighted by Crippen LogP contribution is 2.20. The number of carbonyl (C=O) groups is 1. The number of hydrogen-bond donors (Lipinski definition) is 0. The van der Waals surface area contributed by atoms with Gasteiger partial charge < -0.3 is 9.64 Å². The normalized spacial score (nSPS) is 22.3. The minimum atomic E-state index is 0.110. The van der Waals surface area contributed by atoms with Crippen LogP contribution < -0.4 is 0 Å². The van der Waals surface area contributed by atoms with Gasteiger partial charge in [0, 0.05) is 6.54 Å². The van der Waals surface area contributed by atoms with Crippen LogP contribution in [0.5, 0.6) is 0 Å². The maximum atomic E-state index is 12.0. The second-order valence-electron chi connectivity index (χ2n) is 5.32. The summed E-state index contributed by atoms with van der Waals surface area (Å²) in [5.74, 6) is 0.452. The summed E-state index contributed by atoms with van der Waals surface area (Å²) in [7, 11) is 0. The molecule has 3 nitrogen and oxygen atoms in total. The van der Waals surface area contributed by atoms with E-state index < -0.39 is 0 Å². The molecule has 0 spiro atoms. The summed E-state index contributed by atoms with van der Waals surface area (Å²) in [6, 6.07) is 10.3. The fourth-order valence-corrected chi connectivity index (χ4v) is 2.54. The highest BCUT2D eigenvalue weighted by atomic mass is 16.5. The van der Waals surface area contributed by atoms with Crippen LogP contribution in [0.15, 0.2) is 42.5 Å². The Hall–Kier alpha value is -1.61. The predicted octanol–water partition coefficient (Wildman–Crippen LogP) is 3.02. The summed E-state index contributed by atoms with van der Waals surface area (Å²) in [5, 5.41) is 0. The van der Waals surface area contributed by atoms with Crippen molar-refractivity contribution in [2.45, 2.75) is 32.9 Å². The van der Waals surface area contributed by atoms with Crippen molar-refractivity contribution in [3.63, 3.8) is 0 Å². The van der Waals surface area contributed by atoms with Crippen LogP contribution in [0.1, 0.15) is 25.8 Å². The van der Waals surface area contributed by atoms with Gasteiger partial charge in [0.25, 0.3) is 0 Å². The Kier molecular flexibility index (Phi) is 5.36. The Labute approximate surface area is 121 Å². The van der Waals surface area contributed by atoms with Crippen LogP contribution in [0.3, 0.4) is 0 Å². The second-order valence-corrected chi connectivity index (χ2v) is 5.32. The maximum Gasteiger partial charge on any atom is 0.246 e. The summed E-state index contributed by atoms with van der Waals surface area (Å²) < 4.78 is 5.83. The Morgan fingerprint density at radius 2 is 2.00 bits per heavy atom. The van der Waals surface area contributed by atoms with Crippen molar-refractivity contribution < 1.29 is 9.53 Å². The summed E-state index contributed by atoms with van der Waals surface area (Å²) in [4.78, 5) is 13.9. The first-order chi connectivity index (χ1) is 9.72. The highest BCUT2D eigenvalue weighted by Gasteiger charge is 2.29. The fourth-order valence-electron chi connectivity index (χ4n) is 2.54. The molecular weight excluding hydrogens is 250 g/mol. The molecule has 1 aliphatic rings. The predicted molar refractivity (Wildman–Crippen MR) is 80.2 cm³/mol. The molecule has 108 valence electrons.